The molecule has 0 radical (unpaired) electrons. The highest BCUT2D eigenvalue weighted by Crippen LogP contribution is 2.32. The molecule has 1 N–H and O–H groups in total. The van der Waals surface area contributed by atoms with Gasteiger partial charge >= 0.3 is 5.97 Å². The second kappa shape index (κ2) is 5.83. The summed E-state index contributed by atoms with van der Waals surface area (Å²) in [6, 6.07) is 7.60. The largest absolute Gasteiger partial charge is 0.480 e. The first-order valence-electron chi connectivity index (χ1n) is 4.56. The monoisotopic (exact) mass is 253 g/mol. The first-order valence-corrected chi connectivity index (χ1v) is 6.67. The first-order chi connectivity index (χ1) is 7.60. The normalized spacial score (nSPS) is 11.8. The third-order valence-corrected chi connectivity index (χ3v) is 3.90. The average Bonchev–Trinajstić information content (AvgIpc) is 2.28. The van der Waals surface area contributed by atoms with Crippen molar-refractivity contribution in [3.05, 3.63) is 23.8 Å². The molecule has 1 unspecified atom stereocenters. The average molecular weight is 253 g/mol. The van der Waals surface area contributed by atoms with Crippen LogP contribution in [-0.4, -0.2) is 22.6 Å². The number of nitrogens with zero attached hydrogens (tertiary/aromatic N) is 1. The number of nitriles is 1. The molecule has 0 aliphatic heterocycles. The van der Waals surface area contributed by atoms with E-state index in [4.69, 9.17) is 10.4 Å². The van der Waals surface area contributed by atoms with Gasteiger partial charge in [0.1, 0.15) is 11.3 Å². The Kier molecular flexibility index (Phi) is 4.71. The smallest absolute Gasteiger partial charge is 0.316 e. The van der Waals surface area contributed by atoms with E-state index < -0.39 is 11.2 Å². The summed E-state index contributed by atoms with van der Waals surface area (Å²) in [4.78, 5) is 12.4. The molecule has 0 heterocycles. The van der Waals surface area contributed by atoms with Gasteiger partial charge in [0, 0.05) is 9.79 Å². The van der Waals surface area contributed by atoms with Gasteiger partial charge in [-0.2, -0.15) is 5.26 Å². The summed E-state index contributed by atoms with van der Waals surface area (Å²) in [5.41, 5.74) is 0.563. The molecule has 1 aromatic rings. The highest BCUT2D eigenvalue weighted by molar-refractivity contribution is 8.01. The number of rotatable bonds is 4. The lowest BCUT2D eigenvalue weighted by molar-refractivity contribution is -0.136. The molecule has 0 aromatic heterocycles. The fourth-order valence-electron chi connectivity index (χ4n) is 1.13. The minimum Gasteiger partial charge on any atom is -0.480 e. The molecule has 0 saturated carbocycles. The van der Waals surface area contributed by atoms with Crippen molar-refractivity contribution in [3.8, 4) is 6.07 Å². The van der Waals surface area contributed by atoms with Crippen molar-refractivity contribution < 1.29 is 9.90 Å². The number of hydrogen-bond acceptors (Lipinski definition) is 4. The summed E-state index contributed by atoms with van der Waals surface area (Å²) < 4.78 is 0. The lowest BCUT2D eigenvalue weighted by Gasteiger charge is -2.09. The molecule has 0 aliphatic rings. The maximum Gasteiger partial charge on any atom is 0.316 e. The standard InChI is InChI=1S/C11H11NO2S2/c1-7(11(13)14)16-10-5-3-4-9(15-2)8(10)6-12/h3-5,7H,1-2H3,(H,13,14). The van der Waals surface area contributed by atoms with Crippen LogP contribution in [0.15, 0.2) is 28.0 Å². The second-order valence-corrected chi connectivity index (χ2v) is 5.27. The van der Waals surface area contributed by atoms with Crippen LogP contribution in [0.5, 0.6) is 0 Å². The van der Waals surface area contributed by atoms with Crippen molar-refractivity contribution in [2.24, 2.45) is 0 Å². The summed E-state index contributed by atoms with van der Waals surface area (Å²) >= 11 is 2.68. The zero-order valence-corrected chi connectivity index (χ0v) is 10.6. The Balaban J connectivity index is 3.05. The van der Waals surface area contributed by atoms with Crippen LogP contribution in [0, 0.1) is 11.3 Å². The Labute approximate surface area is 103 Å². The van der Waals surface area contributed by atoms with Gasteiger partial charge in [0.25, 0.3) is 0 Å². The van der Waals surface area contributed by atoms with Gasteiger partial charge in [-0.1, -0.05) is 6.07 Å². The van der Waals surface area contributed by atoms with Crippen molar-refractivity contribution in [3.63, 3.8) is 0 Å². The molecule has 5 heteroatoms. The summed E-state index contributed by atoms with van der Waals surface area (Å²) in [5.74, 6) is -0.872. The van der Waals surface area contributed by atoms with Crippen molar-refractivity contribution in [2.45, 2.75) is 22.0 Å². The molecular formula is C11H11NO2S2. The van der Waals surface area contributed by atoms with Gasteiger partial charge in [0.05, 0.1) is 5.56 Å². The maximum absolute atomic E-state index is 10.7. The van der Waals surface area contributed by atoms with E-state index in [0.717, 1.165) is 9.79 Å². The Morgan fingerprint density at radius 2 is 2.12 bits per heavy atom. The molecule has 16 heavy (non-hydrogen) atoms. The van der Waals surface area contributed by atoms with Gasteiger partial charge in [-0.05, 0) is 25.3 Å². The van der Waals surface area contributed by atoms with E-state index in [9.17, 15) is 4.79 Å². The van der Waals surface area contributed by atoms with E-state index in [0.29, 0.717) is 5.56 Å². The summed E-state index contributed by atoms with van der Waals surface area (Å²) in [5, 5.41) is 17.3. The van der Waals surface area contributed by atoms with Crippen LogP contribution < -0.4 is 0 Å². The van der Waals surface area contributed by atoms with Crippen LogP contribution in [0.25, 0.3) is 0 Å². The molecule has 1 rings (SSSR count). The molecule has 84 valence electrons. The maximum atomic E-state index is 10.7. The van der Waals surface area contributed by atoms with E-state index in [2.05, 4.69) is 6.07 Å². The topological polar surface area (TPSA) is 61.1 Å². The summed E-state index contributed by atoms with van der Waals surface area (Å²) in [6.45, 7) is 1.61. The van der Waals surface area contributed by atoms with Gasteiger partial charge in [0.15, 0.2) is 0 Å². The Bertz CT molecular complexity index is 440. The molecule has 0 spiro atoms. The van der Waals surface area contributed by atoms with E-state index in [-0.39, 0.29) is 0 Å². The van der Waals surface area contributed by atoms with Gasteiger partial charge in [-0.15, -0.1) is 23.5 Å². The molecule has 3 nitrogen and oxygen atoms in total. The molecule has 1 atom stereocenters. The number of aliphatic carboxylic acids is 1. The lowest BCUT2D eigenvalue weighted by Crippen LogP contribution is -2.11. The van der Waals surface area contributed by atoms with E-state index >= 15 is 0 Å². The summed E-state index contributed by atoms with van der Waals surface area (Å²) in [7, 11) is 0. The van der Waals surface area contributed by atoms with E-state index in [1.807, 2.05) is 18.4 Å². The quantitative estimate of drug-likeness (QED) is 0.836. The van der Waals surface area contributed by atoms with Crippen LogP contribution in [0.4, 0.5) is 0 Å². The molecule has 0 saturated heterocycles. The van der Waals surface area contributed by atoms with Crippen molar-refractivity contribution in [1.82, 2.24) is 0 Å². The van der Waals surface area contributed by atoms with Crippen molar-refractivity contribution >= 4 is 29.5 Å². The number of thioether (sulfide) groups is 2. The minimum absolute atomic E-state index is 0.552. The summed E-state index contributed by atoms with van der Waals surface area (Å²) in [6.07, 6.45) is 1.89. The molecule has 0 fully saturated rings. The number of benzene rings is 1. The third-order valence-electron chi connectivity index (χ3n) is 1.97. The Hall–Kier alpha value is -1.12. The highest BCUT2D eigenvalue weighted by Gasteiger charge is 2.16. The second-order valence-electron chi connectivity index (χ2n) is 3.04. The van der Waals surface area contributed by atoms with Gasteiger partial charge in [-0.25, -0.2) is 0 Å². The Morgan fingerprint density at radius 3 is 2.62 bits per heavy atom. The molecule has 0 aliphatic carbocycles. The predicted molar refractivity (Wildman–Crippen MR) is 65.9 cm³/mol. The SMILES string of the molecule is CSc1cccc(SC(C)C(=O)O)c1C#N. The fourth-order valence-corrected chi connectivity index (χ4v) is 2.68. The number of carboxylic acid groups (broad SMARTS) is 1. The first kappa shape index (κ1) is 12.9. The van der Waals surface area contributed by atoms with Crippen LogP contribution in [0.1, 0.15) is 12.5 Å². The van der Waals surface area contributed by atoms with Crippen LogP contribution in [-0.2, 0) is 4.79 Å². The van der Waals surface area contributed by atoms with Crippen LogP contribution >= 0.6 is 23.5 Å². The third kappa shape index (κ3) is 2.94. The molecular weight excluding hydrogens is 242 g/mol. The molecule has 0 bridgehead atoms. The predicted octanol–water partition coefficient (Wildman–Crippen LogP) is 2.85. The number of carboxylic acids is 1. The van der Waals surface area contributed by atoms with Crippen molar-refractivity contribution in [2.75, 3.05) is 6.26 Å². The van der Waals surface area contributed by atoms with E-state index in [1.54, 1.807) is 13.0 Å². The van der Waals surface area contributed by atoms with Gasteiger partial charge in [-0.3, -0.25) is 4.79 Å². The zero-order valence-electron chi connectivity index (χ0n) is 8.93. The minimum atomic E-state index is -0.872. The number of hydrogen-bond donors (Lipinski definition) is 1. The molecule has 0 amide bonds. The zero-order chi connectivity index (χ0) is 12.1. The van der Waals surface area contributed by atoms with E-state index in [1.165, 1.54) is 23.5 Å². The lowest BCUT2D eigenvalue weighted by atomic mass is 10.2. The van der Waals surface area contributed by atoms with Crippen LogP contribution in [0.2, 0.25) is 0 Å². The van der Waals surface area contributed by atoms with Gasteiger partial charge in [0.2, 0.25) is 0 Å². The van der Waals surface area contributed by atoms with Crippen molar-refractivity contribution in [1.29, 1.82) is 5.26 Å². The number of carbonyl (C=O) groups is 1. The molecule has 1 aromatic carbocycles. The van der Waals surface area contributed by atoms with Gasteiger partial charge < -0.3 is 5.11 Å². The van der Waals surface area contributed by atoms with Crippen LogP contribution in [0.3, 0.4) is 0 Å². The Morgan fingerprint density at radius 1 is 1.50 bits per heavy atom. The fraction of sp³-hybridized carbons (Fsp3) is 0.273. The highest BCUT2D eigenvalue weighted by atomic mass is 32.2.